The molecular formula is C14H10BrClFNO. The molecule has 0 fully saturated rings. The minimum Gasteiger partial charge on any atom is -0.399 e. The van der Waals surface area contributed by atoms with Crippen LogP contribution in [0.2, 0.25) is 5.02 Å². The number of hydrogen-bond acceptors (Lipinski definition) is 2. The van der Waals surface area contributed by atoms with Gasteiger partial charge in [0.25, 0.3) is 0 Å². The number of halogens is 3. The van der Waals surface area contributed by atoms with Crippen LogP contribution in [-0.2, 0) is 6.42 Å². The van der Waals surface area contributed by atoms with Gasteiger partial charge in [-0.3, -0.25) is 4.79 Å². The van der Waals surface area contributed by atoms with E-state index in [4.69, 9.17) is 17.3 Å². The van der Waals surface area contributed by atoms with Crippen LogP contribution < -0.4 is 5.73 Å². The molecule has 0 unspecified atom stereocenters. The molecule has 0 aliphatic carbocycles. The van der Waals surface area contributed by atoms with Gasteiger partial charge in [-0.2, -0.15) is 0 Å². The third-order valence-corrected chi connectivity index (χ3v) is 3.66. The first kappa shape index (κ1) is 14.0. The van der Waals surface area contributed by atoms with Gasteiger partial charge in [0, 0.05) is 22.1 Å². The molecular weight excluding hydrogens is 333 g/mol. The number of ketones is 1. The number of carbonyl (C=O) groups excluding carboxylic acids is 1. The van der Waals surface area contributed by atoms with Crippen LogP contribution in [0.5, 0.6) is 0 Å². The highest BCUT2D eigenvalue weighted by Gasteiger charge is 2.15. The second kappa shape index (κ2) is 5.72. The smallest absolute Gasteiger partial charge is 0.168 e. The maximum absolute atomic E-state index is 13.7. The van der Waals surface area contributed by atoms with E-state index in [9.17, 15) is 9.18 Å². The van der Waals surface area contributed by atoms with E-state index in [1.54, 1.807) is 30.3 Å². The number of benzene rings is 2. The summed E-state index contributed by atoms with van der Waals surface area (Å²) in [6, 6.07) is 9.54. The number of nitrogens with two attached hydrogens (primary N) is 1. The van der Waals surface area contributed by atoms with Crippen LogP contribution in [0.1, 0.15) is 15.9 Å². The topological polar surface area (TPSA) is 43.1 Å². The summed E-state index contributed by atoms with van der Waals surface area (Å²) >= 11 is 8.97. The molecule has 2 nitrogen and oxygen atoms in total. The average Bonchev–Trinajstić information content (AvgIpc) is 2.38. The van der Waals surface area contributed by atoms with Crippen molar-refractivity contribution < 1.29 is 9.18 Å². The minimum atomic E-state index is -0.558. The summed E-state index contributed by atoms with van der Waals surface area (Å²) in [6.45, 7) is 0. The summed E-state index contributed by atoms with van der Waals surface area (Å²) in [7, 11) is 0. The minimum absolute atomic E-state index is 0.0111. The van der Waals surface area contributed by atoms with E-state index >= 15 is 0 Å². The average molecular weight is 343 g/mol. The highest BCUT2D eigenvalue weighted by atomic mass is 79.9. The van der Waals surface area contributed by atoms with Crippen molar-refractivity contribution in [3.05, 3.63) is 62.8 Å². The van der Waals surface area contributed by atoms with Gasteiger partial charge in [0.1, 0.15) is 5.82 Å². The molecule has 2 rings (SSSR count). The van der Waals surface area contributed by atoms with Gasteiger partial charge in [0.2, 0.25) is 0 Å². The lowest BCUT2D eigenvalue weighted by atomic mass is 10.0. The molecule has 0 bridgehead atoms. The van der Waals surface area contributed by atoms with Crippen molar-refractivity contribution in [2.24, 2.45) is 0 Å². The van der Waals surface area contributed by atoms with Gasteiger partial charge in [-0.15, -0.1) is 0 Å². The molecule has 2 aromatic carbocycles. The maximum atomic E-state index is 13.7. The van der Waals surface area contributed by atoms with Gasteiger partial charge in [0.05, 0.1) is 5.02 Å². The molecule has 0 radical (unpaired) electrons. The molecule has 2 N–H and O–H groups in total. The lowest BCUT2D eigenvalue weighted by molar-refractivity contribution is 0.0991. The van der Waals surface area contributed by atoms with Crippen molar-refractivity contribution >= 4 is 39.0 Å². The lowest BCUT2D eigenvalue weighted by Crippen LogP contribution is -2.07. The zero-order chi connectivity index (χ0) is 14.0. The van der Waals surface area contributed by atoms with Crippen molar-refractivity contribution in [3.8, 4) is 0 Å². The third-order valence-electron chi connectivity index (χ3n) is 2.67. The molecule has 0 spiro atoms. The highest BCUT2D eigenvalue weighted by Crippen LogP contribution is 2.23. The molecule has 0 amide bonds. The summed E-state index contributed by atoms with van der Waals surface area (Å²) in [4.78, 5) is 12.2. The van der Waals surface area contributed by atoms with Gasteiger partial charge >= 0.3 is 0 Å². The summed E-state index contributed by atoms with van der Waals surface area (Å²) in [6.07, 6.45) is -0.0611. The van der Waals surface area contributed by atoms with Crippen molar-refractivity contribution in [2.45, 2.75) is 6.42 Å². The van der Waals surface area contributed by atoms with Crippen molar-refractivity contribution in [1.82, 2.24) is 0 Å². The Morgan fingerprint density at radius 3 is 2.79 bits per heavy atom. The first-order valence-electron chi connectivity index (χ1n) is 5.50. The fraction of sp³-hybridized carbons (Fsp3) is 0.0714. The quantitative estimate of drug-likeness (QED) is 0.669. The van der Waals surface area contributed by atoms with Crippen LogP contribution in [0.15, 0.2) is 40.9 Å². The first-order valence-corrected chi connectivity index (χ1v) is 6.67. The number of rotatable bonds is 3. The Morgan fingerprint density at radius 2 is 2.05 bits per heavy atom. The molecule has 19 heavy (non-hydrogen) atoms. The van der Waals surface area contributed by atoms with E-state index in [1.807, 2.05) is 0 Å². The van der Waals surface area contributed by atoms with Crippen LogP contribution in [0.3, 0.4) is 0 Å². The zero-order valence-electron chi connectivity index (χ0n) is 9.79. The Labute approximate surface area is 123 Å². The van der Waals surface area contributed by atoms with E-state index in [-0.39, 0.29) is 22.8 Å². The fourth-order valence-electron chi connectivity index (χ4n) is 1.71. The SMILES string of the molecule is Nc1ccc(Br)c(C(=O)Cc2cccc(Cl)c2F)c1. The third kappa shape index (κ3) is 3.14. The molecule has 0 aliphatic heterocycles. The molecule has 0 atom stereocenters. The Kier molecular flexibility index (Phi) is 4.22. The van der Waals surface area contributed by atoms with Crippen LogP contribution in [0.4, 0.5) is 10.1 Å². The monoisotopic (exact) mass is 341 g/mol. The number of carbonyl (C=O) groups is 1. The summed E-state index contributed by atoms with van der Waals surface area (Å²) < 4.78 is 14.4. The normalized spacial score (nSPS) is 10.5. The Bertz CT molecular complexity index is 645. The van der Waals surface area contributed by atoms with Crippen LogP contribution in [-0.4, -0.2) is 5.78 Å². The predicted molar refractivity (Wildman–Crippen MR) is 78.0 cm³/mol. The standard InChI is InChI=1S/C14H10BrClFNO/c15-11-5-4-9(18)7-10(11)13(19)6-8-2-1-3-12(16)14(8)17/h1-5,7H,6,18H2. The molecule has 98 valence electrons. The summed E-state index contributed by atoms with van der Waals surface area (Å²) in [5, 5.41) is 0.0111. The Hall–Kier alpha value is -1.39. The fourth-order valence-corrected chi connectivity index (χ4v) is 2.37. The van der Waals surface area contributed by atoms with Gasteiger partial charge in [0.15, 0.2) is 5.78 Å². The van der Waals surface area contributed by atoms with Gasteiger partial charge < -0.3 is 5.73 Å². The van der Waals surface area contributed by atoms with Crippen LogP contribution >= 0.6 is 27.5 Å². The number of anilines is 1. The summed E-state index contributed by atoms with van der Waals surface area (Å²) in [5.74, 6) is -0.780. The highest BCUT2D eigenvalue weighted by molar-refractivity contribution is 9.10. The van der Waals surface area contributed by atoms with Gasteiger partial charge in [-0.25, -0.2) is 4.39 Å². The Balaban J connectivity index is 2.31. The second-order valence-corrected chi connectivity index (χ2v) is 5.31. The van der Waals surface area contributed by atoms with E-state index < -0.39 is 5.82 Å². The predicted octanol–water partition coefficient (Wildman–Crippen LogP) is 4.25. The van der Waals surface area contributed by atoms with Crippen LogP contribution in [0, 0.1) is 5.82 Å². The molecule has 0 saturated heterocycles. The lowest BCUT2D eigenvalue weighted by Gasteiger charge is -2.07. The molecule has 0 aromatic heterocycles. The largest absolute Gasteiger partial charge is 0.399 e. The number of Topliss-reactive ketones (excluding diaryl/α,β-unsaturated/α-hetero) is 1. The molecule has 5 heteroatoms. The van der Waals surface area contributed by atoms with Crippen molar-refractivity contribution in [2.75, 3.05) is 5.73 Å². The second-order valence-electron chi connectivity index (χ2n) is 4.05. The van der Waals surface area contributed by atoms with Crippen LogP contribution in [0.25, 0.3) is 0 Å². The van der Waals surface area contributed by atoms with Crippen molar-refractivity contribution in [1.29, 1.82) is 0 Å². The summed E-state index contributed by atoms with van der Waals surface area (Å²) in [5.41, 5.74) is 6.83. The van der Waals surface area contributed by atoms with E-state index in [0.29, 0.717) is 15.7 Å². The molecule has 2 aromatic rings. The Morgan fingerprint density at radius 1 is 1.32 bits per heavy atom. The van der Waals surface area contributed by atoms with Gasteiger partial charge in [-0.1, -0.05) is 39.7 Å². The molecule has 0 saturated carbocycles. The van der Waals surface area contributed by atoms with Gasteiger partial charge in [-0.05, 0) is 29.8 Å². The number of hydrogen-bond donors (Lipinski definition) is 1. The van der Waals surface area contributed by atoms with E-state index in [2.05, 4.69) is 15.9 Å². The molecule has 0 heterocycles. The molecule has 0 aliphatic rings. The van der Waals surface area contributed by atoms with E-state index in [0.717, 1.165) is 0 Å². The van der Waals surface area contributed by atoms with E-state index in [1.165, 1.54) is 6.07 Å². The maximum Gasteiger partial charge on any atom is 0.168 e. The first-order chi connectivity index (χ1) is 8.99. The van der Waals surface area contributed by atoms with Crippen molar-refractivity contribution in [3.63, 3.8) is 0 Å². The number of nitrogen functional groups attached to an aromatic ring is 1. The zero-order valence-corrected chi connectivity index (χ0v) is 12.1.